The van der Waals surface area contributed by atoms with Crippen molar-refractivity contribution in [1.29, 1.82) is 0 Å². The summed E-state index contributed by atoms with van der Waals surface area (Å²) in [5, 5.41) is 11.4. The van der Waals surface area contributed by atoms with E-state index in [0.717, 1.165) is 35.1 Å². The molecule has 0 saturated carbocycles. The molecule has 1 amide bonds. The molecule has 1 aromatic heterocycles. The number of nitrogens with one attached hydrogen (secondary N) is 1. The van der Waals surface area contributed by atoms with Crippen LogP contribution >= 0.6 is 11.8 Å². The zero-order valence-corrected chi connectivity index (χ0v) is 18.5. The lowest BCUT2D eigenvalue weighted by Crippen LogP contribution is -2.16. The summed E-state index contributed by atoms with van der Waals surface area (Å²) in [5.74, 6) is -0.777. The molecule has 0 aliphatic heterocycles. The molecule has 0 aliphatic rings. The molecule has 0 atom stereocenters. The quantitative estimate of drug-likeness (QED) is 0.363. The van der Waals surface area contributed by atoms with Crippen LogP contribution in [0.1, 0.15) is 11.4 Å². The zero-order chi connectivity index (χ0) is 23.2. The molecule has 1 heterocycles. The van der Waals surface area contributed by atoms with E-state index in [2.05, 4.69) is 15.5 Å². The van der Waals surface area contributed by atoms with E-state index >= 15 is 0 Å². The average molecular weight is 467 g/mol. The van der Waals surface area contributed by atoms with Crippen LogP contribution in [0.3, 0.4) is 0 Å². The van der Waals surface area contributed by atoms with Crippen molar-refractivity contribution in [2.75, 3.05) is 11.1 Å². The Morgan fingerprint density at radius 2 is 1.79 bits per heavy atom. The molecule has 4 aromatic rings. The van der Waals surface area contributed by atoms with Gasteiger partial charge in [-0.25, -0.2) is 8.78 Å². The smallest absolute Gasteiger partial charge is 0.234 e. The second-order valence-electron chi connectivity index (χ2n) is 7.13. The van der Waals surface area contributed by atoms with Gasteiger partial charge in [0.2, 0.25) is 5.91 Å². The summed E-state index contributed by atoms with van der Waals surface area (Å²) < 4.78 is 34.5. The molecule has 0 bridgehead atoms. The first-order valence-electron chi connectivity index (χ1n) is 10.1. The van der Waals surface area contributed by atoms with Gasteiger partial charge in [-0.3, -0.25) is 9.36 Å². The minimum atomic E-state index is -0.837. The molecule has 0 unspecified atom stereocenters. The Hall–Kier alpha value is -3.72. The van der Waals surface area contributed by atoms with E-state index in [1.165, 1.54) is 6.07 Å². The normalized spacial score (nSPS) is 10.8. The Morgan fingerprint density at radius 1 is 1.03 bits per heavy atom. The minimum Gasteiger partial charge on any atom is -0.486 e. The van der Waals surface area contributed by atoms with Crippen molar-refractivity contribution >= 4 is 23.4 Å². The molecular formula is C24H20F2N4O2S. The van der Waals surface area contributed by atoms with Crippen LogP contribution in [0.25, 0.3) is 5.69 Å². The number of halogens is 2. The van der Waals surface area contributed by atoms with Gasteiger partial charge in [0, 0.05) is 11.8 Å². The van der Waals surface area contributed by atoms with Crippen molar-refractivity contribution in [3.8, 4) is 11.4 Å². The summed E-state index contributed by atoms with van der Waals surface area (Å²) in [7, 11) is 0. The van der Waals surface area contributed by atoms with E-state index in [9.17, 15) is 13.6 Å². The summed E-state index contributed by atoms with van der Waals surface area (Å²) in [6.45, 7) is 2.17. The molecule has 9 heteroatoms. The maximum Gasteiger partial charge on any atom is 0.234 e. The molecule has 0 spiro atoms. The fourth-order valence-corrected chi connectivity index (χ4v) is 3.78. The molecular weight excluding hydrogens is 446 g/mol. The van der Waals surface area contributed by atoms with Gasteiger partial charge >= 0.3 is 0 Å². The number of anilines is 1. The number of aromatic nitrogens is 3. The van der Waals surface area contributed by atoms with Crippen LogP contribution in [0, 0.1) is 18.6 Å². The molecule has 4 rings (SSSR count). The standard InChI is InChI=1S/C24H20F2N4O2S/c1-16-7-10-18(11-8-16)30-22(14-32-19-5-3-2-4-6-19)28-29-24(30)33-15-23(31)27-21-12-9-17(25)13-20(21)26/h2-13H,14-15H2,1H3,(H,27,31). The van der Waals surface area contributed by atoms with E-state index in [0.29, 0.717) is 16.7 Å². The van der Waals surface area contributed by atoms with Gasteiger partial charge in [-0.2, -0.15) is 0 Å². The van der Waals surface area contributed by atoms with E-state index in [1.807, 2.05) is 66.1 Å². The molecule has 1 N–H and O–H groups in total. The number of thioether (sulfide) groups is 1. The summed E-state index contributed by atoms with van der Waals surface area (Å²) in [6.07, 6.45) is 0. The average Bonchev–Trinajstić information content (AvgIpc) is 3.22. The molecule has 3 aromatic carbocycles. The van der Waals surface area contributed by atoms with Gasteiger partial charge in [-0.15, -0.1) is 10.2 Å². The van der Waals surface area contributed by atoms with E-state index in [-0.39, 0.29) is 18.0 Å². The van der Waals surface area contributed by atoms with Crippen molar-refractivity contribution in [3.63, 3.8) is 0 Å². The maximum atomic E-state index is 13.8. The van der Waals surface area contributed by atoms with Crippen LogP contribution in [-0.4, -0.2) is 26.4 Å². The Kier molecular flexibility index (Phi) is 6.99. The van der Waals surface area contributed by atoms with Crippen molar-refractivity contribution in [2.24, 2.45) is 0 Å². The largest absolute Gasteiger partial charge is 0.486 e. The Bertz CT molecular complexity index is 1250. The Labute approximate surface area is 193 Å². The number of rotatable bonds is 8. The van der Waals surface area contributed by atoms with Crippen LogP contribution in [0.15, 0.2) is 78.0 Å². The van der Waals surface area contributed by atoms with Gasteiger partial charge in [0.1, 0.15) is 24.0 Å². The highest BCUT2D eigenvalue weighted by atomic mass is 32.2. The van der Waals surface area contributed by atoms with Crippen molar-refractivity contribution in [1.82, 2.24) is 14.8 Å². The molecule has 6 nitrogen and oxygen atoms in total. The SMILES string of the molecule is Cc1ccc(-n2c(COc3ccccc3)nnc2SCC(=O)Nc2ccc(F)cc2F)cc1. The van der Waals surface area contributed by atoms with Crippen LogP contribution in [0.4, 0.5) is 14.5 Å². The topological polar surface area (TPSA) is 69.0 Å². The molecule has 33 heavy (non-hydrogen) atoms. The third-order valence-electron chi connectivity index (χ3n) is 4.64. The third kappa shape index (κ3) is 5.75. The van der Waals surface area contributed by atoms with E-state index in [1.54, 1.807) is 0 Å². The number of aryl methyl sites for hydroxylation is 1. The number of para-hydroxylation sites is 1. The first-order valence-corrected chi connectivity index (χ1v) is 11.0. The number of amides is 1. The third-order valence-corrected chi connectivity index (χ3v) is 5.57. The number of benzene rings is 3. The van der Waals surface area contributed by atoms with Gasteiger partial charge < -0.3 is 10.1 Å². The molecule has 0 radical (unpaired) electrons. The maximum absolute atomic E-state index is 13.8. The van der Waals surface area contributed by atoms with Crippen LogP contribution < -0.4 is 10.1 Å². The number of carbonyl (C=O) groups is 1. The van der Waals surface area contributed by atoms with Gasteiger partial charge in [-0.1, -0.05) is 47.7 Å². The molecule has 0 aliphatic carbocycles. The first kappa shape index (κ1) is 22.5. The number of hydrogen-bond donors (Lipinski definition) is 1. The molecule has 0 saturated heterocycles. The molecule has 168 valence electrons. The monoisotopic (exact) mass is 466 g/mol. The van der Waals surface area contributed by atoms with Crippen molar-refractivity contribution < 1.29 is 18.3 Å². The first-order chi connectivity index (χ1) is 16.0. The van der Waals surface area contributed by atoms with Crippen molar-refractivity contribution in [3.05, 3.63) is 95.8 Å². The van der Waals surface area contributed by atoms with Gasteiger partial charge in [-0.05, 0) is 43.3 Å². The predicted molar refractivity (Wildman–Crippen MR) is 123 cm³/mol. The fraction of sp³-hybridized carbons (Fsp3) is 0.125. The van der Waals surface area contributed by atoms with E-state index in [4.69, 9.17) is 4.74 Å². The lowest BCUT2D eigenvalue weighted by Gasteiger charge is -2.12. The lowest BCUT2D eigenvalue weighted by atomic mass is 10.2. The number of carbonyl (C=O) groups excluding carboxylic acids is 1. The highest BCUT2D eigenvalue weighted by Gasteiger charge is 2.17. The zero-order valence-electron chi connectivity index (χ0n) is 17.7. The molecule has 0 fully saturated rings. The Balaban J connectivity index is 1.51. The number of ether oxygens (including phenoxy) is 1. The lowest BCUT2D eigenvalue weighted by molar-refractivity contribution is -0.113. The summed E-state index contributed by atoms with van der Waals surface area (Å²) in [4.78, 5) is 12.4. The highest BCUT2D eigenvalue weighted by molar-refractivity contribution is 7.99. The summed E-state index contributed by atoms with van der Waals surface area (Å²) in [5.41, 5.74) is 1.84. The number of nitrogens with zero attached hydrogens (tertiary/aromatic N) is 3. The van der Waals surface area contributed by atoms with Gasteiger partial charge in [0.05, 0.1) is 11.4 Å². The van der Waals surface area contributed by atoms with Crippen LogP contribution in [0.5, 0.6) is 5.75 Å². The highest BCUT2D eigenvalue weighted by Crippen LogP contribution is 2.24. The van der Waals surface area contributed by atoms with Gasteiger partial charge in [0.15, 0.2) is 11.0 Å². The Morgan fingerprint density at radius 3 is 2.52 bits per heavy atom. The second kappa shape index (κ2) is 10.3. The summed E-state index contributed by atoms with van der Waals surface area (Å²) >= 11 is 1.15. The predicted octanol–water partition coefficient (Wildman–Crippen LogP) is 5.16. The fourth-order valence-electron chi connectivity index (χ4n) is 3.01. The van der Waals surface area contributed by atoms with Crippen LogP contribution in [-0.2, 0) is 11.4 Å². The van der Waals surface area contributed by atoms with Crippen molar-refractivity contribution in [2.45, 2.75) is 18.7 Å². The van der Waals surface area contributed by atoms with Crippen LogP contribution in [0.2, 0.25) is 0 Å². The summed E-state index contributed by atoms with van der Waals surface area (Å²) in [6, 6.07) is 20.1. The van der Waals surface area contributed by atoms with E-state index < -0.39 is 17.5 Å². The second-order valence-corrected chi connectivity index (χ2v) is 8.08. The number of hydrogen-bond acceptors (Lipinski definition) is 5. The minimum absolute atomic E-state index is 0.0413. The van der Waals surface area contributed by atoms with Gasteiger partial charge in [0.25, 0.3) is 0 Å².